The summed E-state index contributed by atoms with van der Waals surface area (Å²) < 4.78 is 33.4. The fourth-order valence-electron chi connectivity index (χ4n) is 3.94. The second-order valence-electron chi connectivity index (χ2n) is 7.13. The highest BCUT2D eigenvalue weighted by Gasteiger charge is 2.44. The van der Waals surface area contributed by atoms with Crippen LogP contribution in [0.25, 0.3) is 10.2 Å². The Labute approximate surface area is 197 Å². The second-order valence-corrected chi connectivity index (χ2v) is 10.6. The minimum Gasteiger partial charge on any atom is -0.497 e. The van der Waals surface area contributed by atoms with Gasteiger partial charge in [-0.15, -0.1) is 28.4 Å². The molecule has 0 saturated carbocycles. The number of sulfonamides is 1. The van der Waals surface area contributed by atoms with Gasteiger partial charge in [-0.25, -0.2) is 9.78 Å². The molecule has 0 radical (unpaired) electrons. The number of benzene rings is 2. The zero-order valence-electron chi connectivity index (χ0n) is 17.1. The summed E-state index contributed by atoms with van der Waals surface area (Å²) in [6, 6.07) is 7.92. The van der Waals surface area contributed by atoms with Gasteiger partial charge in [0.05, 0.1) is 34.4 Å². The first kappa shape index (κ1) is 23.2. The summed E-state index contributed by atoms with van der Waals surface area (Å²) in [5.74, 6) is 0.0688. The number of para-hydroxylation sites is 1. The molecule has 1 amide bonds. The number of thiol groups is 1. The normalized spacial score (nSPS) is 16.7. The smallest absolute Gasteiger partial charge is 0.436 e. The van der Waals surface area contributed by atoms with E-state index in [9.17, 15) is 28.4 Å². The molecule has 3 aromatic rings. The summed E-state index contributed by atoms with van der Waals surface area (Å²) in [7, 11) is -3.57. The highest BCUT2D eigenvalue weighted by Crippen LogP contribution is 2.41. The number of ether oxygens (including phenoxy) is 1. The van der Waals surface area contributed by atoms with E-state index in [0.717, 1.165) is 16.8 Å². The molecule has 11 nitrogen and oxygen atoms in total. The Bertz CT molecular complexity index is 1360. The molecule has 4 rings (SSSR count). The van der Waals surface area contributed by atoms with Gasteiger partial charge in [-0.05, 0) is 36.6 Å². The molecule has 2 aromatic carbocycles. The van der Waals surface area contributed by atoms with Crippen molar-refractivity contribution in [2.45, 2.75) is 28.1 Å². The number of rotatable bonds is 6. The van der Waals surface area contributed by atoms with Crippen molar-refractivity contribution in [1.29, 1.82) is 0 Å². The SMILES string of the molecule is COc1ccc(S(=O)(=O)N(C(=O)O)N2CCC[C@@H]2c2cccc3sc(S)nc23)c([N+](=O)[O-])c1. The van der Waals surface area contributed by atoms with E-state index in [4.69, 9.17) is 4.74 Å². The van der Waals surface area contributed by atoms with Crippen LogP contribution in [0.15, 0.2) is 45.6 Å². The number of thiazole rings is 1. The van der Waals surface area contributed by atoms with Gasteiger partial charge in [0.15, 0.2) is 4.90 Å². The molecule has 1 fully saturated rings. The van der Waals surface area contributed by atoms with Crippen molar-refractivity contribution in [3.63, 3.8) is 0 Å². The van der Waals surface area contributed by atoms with Gasteiger partial charge in [0, 0.05) is 6.54 Å². The summed E-state index contributed by atoms with van der Waals surface area (Å²) >= 11 is 5.64. The minimum atomic E-state index is -4.84. The molecule has 1 atom stereocenters. The van der Waals surface area contributed by atoms with Crippen LogP contribution in [-0.2, 0) is 10.0 Å². The number of aromatic nitrogens is 1. The number of carboxylic acid groups (broad SMARTS) is 1. The molecule has 1 N–H and O–H groups in total. The maximum atomic E-state index is 13.5. The van der Waals surface area contributed by atoms with E-state index in [0.29, 0.717) is 28.3 Å². The van der Waals surface area contributed by atoms with Gasteiger partial charge >= 0.3 is 6.09 Å². The standard InChI is InChI=1S/C19H18N4O7S3/c1-30-11-7-8-16(14(10-11)23(26)27)33(28,29)22(19(24)25)21-9-3-5-13(21)12-4-2-6-15-17(12)20-18(31)32-15/h2,4,6-8,10,13H,3,5,9H2,1H3,(H,20,31)(H,24,25)/t13-/m1/s1. The summed E-state index contributed by atoms with van der Waals surface area (Å²) in [4.78, 5) is 26.6. The number of fused-ring (bicyclic) bond motifs is 1. The Morgan fingerprint density at radius 1 is 1.39 bits per heavy atom. The lowest BCUT2D eigenvalue weighted by molar-refractivity contribution is -0.388. The minimum absolute atomic E-state index is 0.0688. The molecule has 174 valence electrons. The number of nitro benzene ring substituents is 1. The first-order chi connectivity index (χ1) is 15.6. The van der Waals surface area contributed by atoms with Gasteiger partial charge < -0.3 is 9.84 Å². The van der Waals surface area contributed by atoms with Gasteiger partial charge in [0.1, 0.15) is 10.1 Å². The molecule has 0 bridgehead atoms. The largest absolute Gasteiger partial charge is 0.497 e. The fraction of sp³-hybridized carbons (Fsp3) is 0.263. The van der Waals surface area contributed by atoms with Crippen LogP contribution < -0.4 is 4.74 Å². The molecule has 0 spiro atoms. The molecule has 14 heteroatoms. The van der Waals surface area contributed by atoms with E-state index in [-0.39, 0.29) is 16.7 Å². The van der Waals surface area contributed by atoms with Crippen molar-refractivity contribution >= 4 is 56.0 Å². The summed E-state index contributed by atoms with van der Waals surface area (Å²) in [5.41, 5.74) is 0.493. The lowest BCUT2D eigenvalue weighted by Gasteiger charge is -2.33. The average Bonchev–Trinajstić information content (AvgIpc) is 3.38. The third-order valence-corrected chi connectivity index (χ3v) is 8.21. The highest BCUT2D eigenvalue weighted by molar-refractivity contribution is 7.89. The van der Waals surface area contributed by atoms with Gasteiger partial charge in [-0.2, -0.15) is 13.4 Å². The van der Waals surface area contributed by atoms with Gasteiger partial charge in [0.2, 0.25) is 0 Å². The lowest BCUT2D eigenvalue weighted by Crippen LogP contribution is -2.49. The van der Waals surface area contributed by atoms with E-state index in [1.54, 1.807) is 12.1 Å². The molecule has 1 aliphatic heterocycles. The van der Waals surface area contributed by atoms with Crippen LogP contribution >= 0.6 is 24.0 Å². The first-order valence-electron chi connectivity index (χ1n) is 9.60. The van der Waals surface area contributed by atoms with Crippen molar-refractivity contribution in [1.82, 2.24) is 14.4 Å². The van der Waals surface area contributed by atoms with Crippen LogP contribution in [0.3, 0.4) is 0 Å². The van der Waals surface area contributed by atoms with Crippen molar-refractivity contribution in [3.05, 3.63) is 52.1 Å². The molecule has 1 aliphatic rings. The van der Waals surface area contributed by atoms with Crippen LogP contribution in [-0.4, -0.2) is 52.6 Å². The van der Waals surface area contributed by atoms with Crippen molar-refractivity contribution in [2.24, 2.45) is 0 Å². The van der Waals surface area contributed by atoms with E-state index in [1.807, 2.05) is 6.07 Å². The van der Waals surface area contributed by atoms with Crippen LogP contribution in [0, 0.1) is 10.1 Å². The molecular weight excluding hydrogens is 492 g/mol. The van der Waals surface area contributed by atoms with Gasteiger partial charge in [0.25, 0.3) is 15.7 Å². The second kappa shape index (κ2) is 8.78. The van der Waals surface area contributed by atoms with Crippen LogP contribution in [0.1, 0.15) is 24.4 Å². The molecule has 1 aromatic heterocycles. The number of methoxy groups -OCH3 is 1. The van der Waals surface area contributed by atoms with E-state index >= 15 is 0 Å². The highest BCUT2D eigenvalue weighted by atomic mass is 32.2. The molecular formula is C19H18N4O7S3. The molecule has 0 unspecified atom stereocenters. The lowest BCUT2D eigenvalue weighted by atomic mass is 10.0. The van der Waals surface area contributed by atoms with E-state index < -0.39 is 37.7 Å². The third-order valence-electron chi connectivity index (χ3n) is 5.29. The Morgan fingerprint density at radius 2 is 2.15 bits per heavy atom. The van der Waals surface area contributed by atoms with Crippen LogP contribution in [0.4, 0.5) is 10.5 Å². The number of hydrogen-bond acceptors (Lipinski definition) is 10. The number of amides is 1. The topological polar surface area (TPSA) is 143 Å². The third kappa shape index (κ3) is 4.10. The number of nitro groups is 1. The first-order valence-corrected chi connectivity index (χ1v) is 12.3. The number of nitrogens with zero attached hydrogens (tertiary/aromatic N) is 4. The summed E-state index contributed by atoms with van der Waals surface area (Å²) in [6.45, 7) is 0.119. The fourth-order valence-corrected chi connectivity index (χ4v) is 6.58. The quantitative estimate of drug-likeness (QED) is 0.286. The molecule has 0 aliphatic carbocycles. The van der Waals surface area contributed by atoms with Crippen molar-refractivity contribution < 1.29 is 28.0 Å². The van der Waals surface area contributed by atoms with E-state index in [1.165, 1.54) is 29.5 Å². The van der Waals surface area contributed by atoms with Crippen LogP contribution in [0.2, 0.25) is 0 Å². The number of carbonyl (C=O) groups is 1. The van der Waals surface area contributed by atoms with Crippen LogP contribution in [0.5, 0.6) is 5.75 Å². The molecule has 2 heterocycles. The zero-order valence-corrected chi connectivity index (χ0v) is 19.6. The Balaban J connectivity index is 1.83. The van der Waals surface area contributed by atoms with Gasteiger partial charge in [-0.1, -0.05) is 12.1 Å². The Hall–Kier alpha value is -2.94. The molecule has 33 heavy (non-hydrogen) atoms. The monoisotopic (exact) mass is 510 g/mol. The van der Waals surface area contributed by atoms with Gasteiger partial charge in [-0.3, -0.25) is 10.1 Å². The Kier molecular flexibility index (Phi) is 6.18. The van der Waals surface area contributed by atoms with E-state index in [2.05, 4.69) is 17.6 Å². The summed E-state index contributed by atoms with van der Waals surface area (Å²) in [6.07, 6.45) is -0.779. The predicted octanol–water partition coefficient (Wildman–Crippen LogP) is 3.92. The summed E-state index contributed by atoms with van der Waals surface area (Å²) in [5, 5.41) is 22.7. The Morgan fingerprint density at radius 3 is 2.82 bits per heavy atom. The molecule has 1 saturated heterocycles. The number of hydrazine groups is 1. The zero-order chi connectivity index (χ0) is 23.9. The van der Waals surface area contributed by atoms with Crippen molar-refractivity contribution in [3.8, 4) is 5.75 Å². The maximum Gasteiger partial charge on any atom is 0.436 e. The predicted molar refractivity (Wildman–Crippen MR) is 122 cm³/mol. The average molecular weight is 511 g/mol. The maximum absolute atomic E-state index is 13.5. The van der Waals surface area contributed by atoms with Crippen molar-refractivity contribution in [2.75, 3.05) is 13.7 Å². The number of hydrogen-bond donors (Lipinski definition) is 2.